The lowest BCUT2D eigenvalue weighted by atomic mass is 9.84. The second-order valence-electron chi connectivity index (χ2n) is 9.26. The third-order valence-corrected chi connectivity index (χ3v) is 6.62. The molecule has 1 atom stereocenters. The summed E-state index contributed by atoms with van der Waals surface area (Å²) in [5.41, 5.74) is 0.173. The summed E-state index contributed by atoms with van der Waals surface area (Å²) in [5, 5.41) is 0. The minimum atomic E-state index is 0.173. The summed E-state index contributed by atoms with van der Waals surface area (Å²) >= 11 is 0. The molecule has 158 valence electrons. The van der Waals surface area contributed by atoms with Gasteiger partial charge in [-0.3, -0.25) is 0 Å². The van der Waals surface area contributed by atoms with Crippen LogP contribution in [0, 0.1) is 5.92 Å². The fraction of sp³-hybridized carbons (Fsp3) is 0.880. The highest BCUT2D eigenvalue weighted by Crippen LogP contribution is 2.29. The molecule has 0 amide bonds. The van der Waals surface area contributed by atoms with Gasteiger partial charge in [0.1, 0.15) is 0 Å². The number of aromatic nitrogens is 2. The van der Waals surface area contributed by atoms with Crippen molar-refractivity contribution in [2.24, 2.45) is 5.92 Å². The maximum atomic E-state index is 4.21. The van der Waals surface area contributed by atoms with Crippen molar-refractivity contribution in [1.29, 1.82) is 0 Å². The van der Waals surface area contributed by atoms with E-state index in [1.165, 1.54) is 103 Å². The molecule has 0 aliphatic heterocycles. The highest BCUT2D eigenvalue weighted by molar-refractivity contribution is 4.89. The number of hydrogen-bond donors (Lipinski definition) is 0. The Morgan fingerprint density at radius 1 is 0.741 bits per heavy atom. The van der Waals surface area contributed by atoms with E-state index < -0.39 is 0 Å². The van der Waals surface area contributed by atoms with Crippen LogP contribution in [0.1, 0.15) is 130 Å². The molecule has 0 bridgehead atoms. The van der Waals surface area contributed by atoms with Crippen molar-refractivity contribution in [1.82, 2.24) is 9.55 Å². The van der Waals surface area contributed by atoms with Crippen LogP contribution < -0.4 is 0 Å². The van der Waals surface area contributed by atoms with Crippen molar-refractivity contribution < 1.29 is 0 Å². The summed E-state index contributed by atoms with van der Waals surface area (Å²) in [6, 6.07) is 0. The fourth-order valence-electron chi connectivity index (χ4n) is 4.03. The van der Waals surface area contributed by atoms with Crippen molar-refractivity contribution in [2.75, 3.05) is 0 Å². The molecule has 0 aliphatic carbocycles. The van der Waals surface area contributed by atoms with Crippen molar-refractivity contribution in [3.8, 4) is 0 Å². The van der Waals surface area contributed by atoms with Crippen LogP contribution in [0.5, 0.6) is 0 Å². The Morgan fingerprint density at radius 2 is 1.19 bits per heavy atom. The van der Waals surface area contributed by atoms with Gasteiger partial charge in [0, 0.05) is 17.9 Å². The number of unbranched alkanes of at least 4 members (excludes halogenated alkanes) is 14. The average Bonchev–Trinajstić information content (AvgIpc) is 3.20. The van der Waals surface area contributed by atoms with Crippen LogP contribution in [-0.4, -0.2) is 9.55 Å². The molecule has 0 radical (unpaired) electrons. The zero-order valence-electron chi connectivity index (χ0n) is 19.0. The lowest BCUT2D eigenvalue weighted by Gasteiger charge is -2.33. The Bertz CT molecular complexity index is 422. The Kier molecular flexibility index (Phi) is 13.6. The maximum Gasteiger partial charge on any atom is 0.0951 e. The van der Waals surface area contributed by atoms with Crippen molar-refractivity contribution >= 4 is 0 Å². The van der Waals surface area contributed by atoms with Gasteiger partial charge in [0.15, 0.2) is 0 Å². The van der Waals surface area contributed by atoms with Crippen molar-refractivity contribution in [2.45, 2.75) is 136 Å². The SMILES string of the molecule is CCCCCCCCCCCCCCCCC[C@H](C)C(C)(C)n1ccnc1. The van der Waals surface area contributed by atoms with Crippen molar-refractivity contribution in [3.05, 3.63) is 18.7 Å². The van der Waals surface area contributed by atoms with E-state index in [0.717, 1.165) is 0 Å². The highest BCUT2D eigenvalue weighted by Gasteiger charge is 2.26. The van der Waals surface area contributed by atoms with E-state index in [9.17, 15) is 0 Å². The van der Waals surface area contributed by atoms with Gasteiger partial charge >= 0.3 is 0 Å². The Morgan fingerprint density at radius 3 is 1.59 bits per heavy atom. The van der Waals surface area contributed by atoms with E-state index in [-0.39, 0.29) is 5.54 Å². The van der Waals surface area contributed by atoms with Gasteiger partial charge in [-0.1, -0.05) is 110 Å². The predicted octanol–water partition coefficient (Wildman–Crippen LogP) is 8.52. The lowest BCUT2D eigenvalue weighted by Crippen LogP contribution is -2.32. The Balaban J connectivity index is 1.86. The largest absolute Gasteiger partial charge is 0.332 e. The van der Waals surface area contributed by atoms with E-state index in [4.69, 9.17) is 0 Å². The first-order valence-corrected chi connectivity index (χ1v) is 12.1. The maximum absolute atomic E-state index is 4.21. The van der Waals surface area contributed by atoms with Crippen LogP contribution in [0.25, 0.3) is 0 Å². The molecule has 2 heteroatoms. The van der Waals surface area contributed by atoms with E-state index in [1.54, 1.807) is 0 Å². The molecule has 1 rings (SSSR count). The molecular weight excluding hydrogens is 328 g/mol. The number of nitrogens with zero attached hydrogens (tertiary/aromatic N) is 2. The average molecular weight is 377 g/mol. The number of hydrogen-bond acceptors (Lipinski definition) is 1. The summed E-state index contributed by atoms with van der Waals surface area (Å²) < 4.78 is 2.27. The van der Waals surface area contributed by atoms with Crippen LogP contribution in [0.3, 0.4) is 0 Å². The number of rotatable bonds is 18. The number of imidazole rings is 1. The Labute approximate surface area is 170 Å². The van der Waals surface area contributed by atoms with E-state index in [0.29, 0.717) is 5.92 Å². The summed E-state index contributed by atoms with van der Waals surface area (Å²) in [6.07, 6.45) is 28.9. The monoisotopic (exact) mass is 376 g/mol. The van der Waals surface area contributed by atoms with Gasteiger partial charge < -0.3 is 4.57 Å². The molecule has 27 heavy (non-hydrogen) atoms. The zero-order chi connectivity index (χ0) is 19.8. The third kappa shape index (κ3) is 11.0. The second-order valence-corrected chi connectivity index (χ2v) is 9.26. The van der Waals surface area contributed by atoms with E-state index >= 15 is 0 Å². The van der Waals surface area contributed by atoms with Crippen LogP contribution in [0.2, 0.25) is 0 Å². The van der Waals surface area contributed by atoms with Gasteiger partial charge in [0.25, 0.3) is 0 Å². The first kappa shape index (κ1) is 24.2. The molecule has 0 fully saturated rings. The third-order valence-electron chi connectivity index (χ3n) is 6.62. The van der Waals surface area contributed by atoms with Crippen LogP contribution in [-0.2, 0) is 5.54 Å². The molecule has 0 N–H and O–H groups in total. The molecule has 0 spiro atoms. The summed E-state index contributed by atoms with van der Waals surface area (Å²) in [4.78, 5) is 4.21. The minimum absolute atomic E-state index is 0.173. The molecule has 0 saturated heterocycles. The molecule has 2 nitrogen and oxygen atoms in total. The van der Waals surface area contributed by atoms with Crippen molar-refractivity contribution in [3.63, 3.8) is 0 Å². The summed E-state index contributed by atoms with van der Waals surface area (Å²) in [7, 11) is 0. The quantitative estimate of drug-likeness (QED) is 0.235. The predicted molar refractivity (Wildman–Crippen MR) is 120 cm³/mol. The molecular formula is C25H48N2. The van der Waals surface area contributed by atoms with E-state index in [1.807, 2.05) is 12.5 Å². The van der Waals surface area contributed by atoms with Crippen LogP contribution in [0.15, 0.2) is 18.7 Å². The zero-order valence-corrected chi connectivity index (χ0v) is 19.0. The fourth-order valence-corrected chi connectivity index (χ4v) is 4.03. The smallest absolute Gasteiger partial charge is 0.0951 e. The molecule has 0 aromatic carbocycles. The molecule has 0 saturated carbocycles. The van der Waals surface area contributed by atoms with Gasteiger partial charge in [0.05, 0.1) is 6.33 Å². The van der Waals surface area contributed by atoms with Gasteiger partial charge in [-0.2, -0.15) is 0 Å². The van der Waals surface area contributed by atoms with Crippen LogP contribution in [0.4, 0.5) is 0 Å². The summed E-state index contributed by atoms with van der Waals surface area (Å²) in [6.45, 7) is 9.36. The topological polar surface area (TPSA) is 17.8 Å². The van der Waals surface area contributed by atoms with E-state index in [2.05, 4.69) is 43.4 Å². The van der Waals surface area contributed by atoms with Gasteiger partial charge in [-0.05, 0) is 26.2 Å². The van der Waals surface area contributed by atoms with Gasteiger partial charge in [0.2, 0.25) is 0 Å². The van der Waals surface area contributed by atoms with Crippen LogP contribution >= 0.6 is 0 Å². The normalized spacial score (nSPS) is 13.2. The molecule has 1 aromatic heterocycles. The first-order valence-electron chi connectivity index (χ1n) is 12.1. The molecule has 0 aliphatic rings. The second kappa shape index (κ2) is 15.2. The highest BCUT2D eigenvalue weighted by atomic mass is 15.1. The van der Waals surface area contributed by atoms with Gasteiger partial charge in [-0.15, -0.1) is 0 Å². The standard InChI is InChI=1S/C25H48N2/c1-5-6-7-8-9-10-11-12-13-14-15-16-17-18-19-20-24(2)25(3,4)27-22-21-26-23-27/h21-24H,5-20H2,1-4H3/t24-/m0/s1. The Hall–Kier alpha value is -0.790. The minimum Gasteiger partial charge on any atom is -0.332 e. The van der Waals surface area contributed by atoms with Gasteiger partial charge in [-0.25, -0.2) is 4.98 Å². The first-order chi connectivity index (χ1) is 13.1. The lowest BCUT2D eigenvalue weighted by molar-refractivity contribution is 0.215. The summed E-state index contributed by atoms with van der Waals surface area (Å²) in [5.74, 6) is 0.689. The molecule has 1 heterocycles. The molecule has 0 unspecified atom stereocenters. The molecule has 1 aromatic rings.